The predicted octanol–water partition coefficient (Wildman–Crippen LogP) is 2.14. The normalized spacial score (nSPS) is 12.3. The van der Waals surface area contributed by atoms with Gasteiger partial charge in [0.2, 0.25) is 0 Å². The van der Waals surface area contributed by atoms with Crippen molar-refractivity contribution < 1.29 is 13.9 Å². The van der Waals surface area contributed by atoms with E-state index in [9.17, 15) is 4.79 Å². The van der Waals surface area contributed by atoms with Gasteiger partial charge in [-0.05, 0) is 25.1 Å². The van der Waals surface area contributed by atoms with Crippen LogP contribution in [-0.2, 0) is 0 Å². The molecule has 0 bridgehead atoms. The standard InChI is InChI=1S/C16H19N5O3/c1-9(15-17-19-20-18-15)8-21(3)16(22)14-10(2)24-13-6-5-11(23-4)7-12(13)14/h5-7,9H,8H2,1-4H3,(H,17,18,19,20). The zero-order valence-corrected chi connectivity index (χ0v) is 14.0. The molecule has 3 rings (SSSR count). The molecule has 0 saturated heterocycles. The molecule has 0 aliphatic carbocycles. The van der Waals surface area contributed by atoms with Crippen molar-refractivity contribution in [2.75, 3.05) is 20.7 Å². The molecule has 126 valence electrons. The van der Waals surface area contributed by atoms with E-state index < -0.39 is 0 Å². The average Bonchev–Trinajstić information content (AvgIpc) is 3.20. The number of aromatic amines is 1. The van der Waals surface area contributed by atoms with Crippen LogP contribution in [0.3, 0.4) is 0 Å². The summed E-state index contributed by atoms with van der Waals surface area (Å²) in [6.45, 7) is 4.20. The molecular weight excluding hydrogens is 310 g/mol. The van der Waals surface area contributed by atoms with Crippen molar-refractivity contribution in [1.29, 1.82) is 0 Å². The number of nitrogens with one attached hydrogen (secondary N) is 1. The first kappa shape index (κ1) is 16.0. The van der Waals surface area contributed by atoms with Crippen molar-refractivity contribution in [3.63, 3.8) is 0 Å². The molecule has 1 atom stereocenters. The molecule has 1 N–H and O–H groups in total. The summed E-state index contributed by atoms with van der Waals surface area (Å²) >= 11 is 0. The van der Waals surface area contributed by atoms with Gasteiger partial charge in [0.25, 0.3) is 5.91 Å². The lowest BCUT2D eigenvalue weighted by Crippen LogP contribution is -2.31. The fourth-order valence-corrected chi connectivity index (χ4v) is 2.74. The largest absolute Gasteiger partial charge is 0.497 e. The number of likely N-dealkylation sites (N-methyl/N-ethyl adjacent to an activating group) is 1. The van der Waals surface area contributed by atoms with Gasteiger partial charge in [0.15, 0.2) is 5.82 Å². The number of carbonyl (C=O) groups excluding carboxylic acids is 1. The minimum atomic E-state index is -0.116. The van der Waals surface area contributed by atoms with Crippen LogP contribution in [0.2, 0.25) is 0 Å². The monoisotopic (exact) mass is 329 g/mol. The van der Waals surface area contributed by atoms with E-state index in [1.165, 1.54) is 0 Å². The Bertz CT molecular complexity index is 856. The summed E-state index contributed by atoms with van der Waals surface area (Å²) in [5.74, 6) is 1.69. The average molecular weight is 329 g/mol. The third-order valence-corrected chi connectivity index (χ3v) is 3.98. The molecule has 0 aliphatic heterocycles. The first-order chi connectivity index (χ1) is 11.5. The van der Waals surface area contributed by atoms with E-state index in [1.807, 2.05) is 19.1 Å². The molecule has 3 aromatic rings. The van der Waals surface area contributed by atoms with Crippen LogP contribution in [0, 0.1) is 6.92 Å². The topological polar surface area (TPSA) is 97.1 Å². The molecule has 24 heavy (non-hydrogen) atoms. The maximum absolute atomic E-state index is 12.9. The number of tetrazole rings is 1. The van der Waals surface area contributed by atoms with E-state index in [0.29, 0.717) is 35.0 Å². The van der Waals surface area contributed by atoms with Gasteiger partial charge in [-0.3, -0.25) is 4.79 Å². The van der Waals surface area contributed by atoms with E-state index in [0.717, 1.165) is 5.39 Å². The van der Waals surface area contributed by atoms with Crippen LogP contribution in [-0.4, -0.2) is 52.1 Å². The van der Waals surface area contributed by atoms with E-state index >= 15 is 0 Å². The molecule has 0 aliphatic rings. The van der Waals surface area contributed by atoms with Crippen LogP contribution >= 0.6 is 0 Å². The highest BCUT2D eigenvalue weighted by Crippen LogP contribution is 2.30. The van der Waals surface area contributed by atoms with Gasteiger partial charge in [-0.15, -0.1) is 10.2 Å². The number of hydrogen-bond donors (Lipinski definition) is 1. The number of aryl methyl sites for hydroxylation is 1. The summed E-state index contributed by atoms with van der Waals surface area (Å²) in [5.41, 5.74) is 1.21. The molecular formula is C16H19N5O3. The molecule has 8 heteroatoms. The number of furan rings is 1. The van der Waals surface area contributed by atoms with Gasteiger partial charge in [-0.1, -0.05) is 12.1 Å². The van der Waals surface area contributed by atoms with E-state index in [-0.39, 0.29) is 11.8 Å². The Morgan fingerprint density at radius 2 is 2.25 bits per heavy atom. The van der Waals surface area contributed by atoms with Crippen molar-refractivity contribution in [1.82, 2.24) is 25.5 Å². The second-order valence-electron chi connectivity index (χ2n) is 5.75. The highest BCUT2D eigenvalue weighted by atomic mass is 16.5. The molecule has 0 saturated carbocycles. The molecule has 0 fully saturated rings. The number of H-pyrrole nitrogens is 1. The van der Waals surface area contributed by atoms with Crippen LogP contribution in [0.1, 0.15) is 34.8 Å². The number of benzene rings is 1. The summed E-state index contributed by atoms with van der Waals surface area (Å²) < 4.78 is 11.0. The summed E-state index contributed by atoms with van der Waals surface area (Å²) in [5, 5.41) is 14.6. The molecule has 1 unspecified atom stereocenters. The van der Waals surface area contributed by atoms with E-state index in [2.05, 4.69) is 20.6 Å². The second kappa shape index (κ2) is 6.31. The zero-order valence-electron chi connectivity index (χ0n) is 14.0. The van der Waals surface area contributed by atoms with Gasteiger partial charge in [0.1, 0.15) is 17.1 Å². The van der Waals surface area contributed by atoms with E-state index in [1.54, 1.807) is 32.0 Å². The Morgan fingerprint density at radius 3 is 2.92 bits per heavy atom. The van der Waals surface area contributed by atoms with Crippen LogP contribution in [0.4, 0.5) is 0 Å². The van der Waals surface area contributed by atoms with Gasteiger partial charge in [0.05, 0.1) is 12.7 Å². The van der Waals surface area contributed by atoms with Crippen LogP contribution in [0.15, 0.2) is 22.6 Å². The SMILES string of the molecule is COc1ccc2oc(C)c(C(=O)N(C)CC(C)c3nn[nH]n3)c2c1. The zero-order chi connectivity index (χ0) is 17.3. The molecule has 8 nitrogen and oxygen atoms in total. The summed E-state index contributed by atoms with van der Waals surface area (Å²) in [4.78, 5) is 14.5. The number of nitrogens with zero attached hydrogens (tertiary/aromatic N) is 4. The van der Waals surface area contributed by atoms with Crippen LogP contribution < -0.4 is 4.74 Å². The molecule has 0 radical (unpaired) electrons. The van der Waals surface area contributed by atoms with Gasteiger partial charge in [-0.2, -0.15) is 5.21 Å². The number of hydrogen-bond acceptors (Lipinski definition) is 6. The maximum Gasteiger partial charge on any atom is 0.257 e. The van der Waals surface area contributed by atoms with Crippen LogP contribution in [0.5, 0.6) is 5.75 Å². The number of amides is 1. The highest BCUT2D eigenvalue weighted by molar-refractivity contribution is 6.07. The van der Waals surface area contributed by atoms with Crippen molar-refractivity contribution in [2.45, 2.75) is 19.8 Å². The quantitative estimate of drug-likeness (QED) is 0.770. The fraction of sp³-hybridized carbons (Fsp3) is 0.375. The number of carbonyl (C=O) groups is 1. The molecule has 0 spiro atoms. The third kappa shape index (κ3) is 2.82. The van der Waals surface area contributed by atoms with Gasteiger partial charge in [0, 0.05) is 24.9 Å². The fourth-order valence-electron chi connectivity index (χ4n) is 2.74. The Balaban J connectivity index is 1.88. The lowest BCUT2D eigenvalue weighted by Gasteiger charge is -2.19. The van der Waals surface area contributed by atoms with Crippen molar-refractivity contribution >= 4 is 16.9 Å². The van der Waals surface area contributed by atoms with E-state index in [4.69, 9.17) is 9.15 Å². The molecule has 1 amide bonds. The Labute approximate surface area is 138 Å². The van der Waals surface area contributed by atoms with Crippen molar-refractivity contribution in [3.8, 4) is 5.75 Å². The smallest absolute Gasteiger partial charge is 0.257 e. The summed E-state index contributed by atoms with van der Waals surface area (Å²) in [7, 11) is 3.34. The Morgan fingerprint density at radius 1 is 1.46 bits per heavy atom. The lowest BCUT2D eigenvalue weighted by molar-refractivity contribution is 0.0787. The number of ether oxygens (including phenoxy) is 1. The summed E-state index contributed by atoms with van der Waals surface area (Å²) in [6.07, 6.45) is 0. The first-order valence-corrected chi connectivity index (χ1v) is 7.57. The van der Waals surface area contributed by atoms with Gasteiger partial charge < -0.3 is 14.1 Å². The molecule has 1 aromatic carbocycles. The van der Waals surface area contributed by atoms with Gasteiger partial charge >= 0.3 is 0 Å². The Hall–Kier alpha value is -2.90. The van der Waals surface area contributed by atoms with Crippen molar-refractivity contribution in [2.24, 2.45) is 0 Å². The summed E-state index contributed by atoms with van der Waals surface area (Å²) in [6, 6.07) is 5.43. The maximum atomic E-state index is 12.9. The van der Waals surface area contributed by atoms with Crippen LogP contribution in [0.25, 0.3) is 11.0 Å². The molecule has 2 aromatic heterocycles. The van der Waals surface area contributed by atoms with Crippen molar-refractivity contribution in [3.05, 3.63) is 35.3 Å². The number of fused-ring (bicyclic) bond motifs is 1. The third-order valence-electron chi connectivity index (χ3n) is 3.98. The predicted molar refractivity (Wildman–Crippen MR) is 87.1 cm³/mol. The lowest BCUT2D eigenvalue weighted by atomic mass is 10.1. The minimum absolute atomic E-state index is 0.0364. The Kier molecular flexibility index (Phi) is 4.20. The highest BCUT2D eigenvalue weighted by Gasteiger charge is 2.24. The second-order valence-corrected chi connectivity index (χ2v) is 5.75. The number of methoxy groups -OCH3 is 1. The molecule has 2 heterocycles. The minimum Gasteiger partial charge on any atom is -0.497 e. The first-order valence-electron chi connectivity index (χ1n) is 7.57. The number of rotatable bonds is 5. The number of aromatic nitrogens is 4. The van der Waals surface area contributed by atoms with Gasteiger partial charge in [-0.25, -0.2) is 0 Å².